The molecule has 0 aliphatic heterocycles. The van der Waals surface area contributed by atoms with E-state index >= 15 is 0 Å². The Morgan fingerprint density at radius 3 is 0.710 bits per heavy atom. The van der Waals surface area contributed by atoms with E-state index in [0.717, 1.165) is 5.56 Å². The molecule has 1 aliphatic carbocycles. The fraction of sp³-hybridized carbons (Fsp3) is 0.250. The molecule has 0 unspecified atom stereocenters. The summed E-state index contributed by atoms with van der Waals surface area (Å²) < 4.78 is 60.0. The zero-order valence-electron chi connectivity index (χ0n) is 16.0. The average molecular weight is 553 g/mol. The van der Waals surface area contributed by atoms with Gasteiger partial charge in [0.25, 0.3) is 0 Å². The van der Waals surface area contributed by atoms with E-state index in [1.165, 1.54) is 32.1 Å². The molecule has 1 aliphatic rings. The van der Waals surface area contributed by atoms with Crippen LogP contribution in [0.1, 0.15) is 37.7 Å². The van der Waals surface area contributed by atoms with Crippen LogP contribution in [0.3, 0.4) is 0 Å². The van der Waals surface area contributed by atoms with Crippen molar-refractivity contribution in [3.8, 4) is 0 Å². The molecule has 167 valence electrons. The van der Waals surface area contributed by atoms with Crippen LogP contribution < -0.4 is 0 Å². The van der Waals surface area contributed by atoms with Crippen LogP contribution in [0.5, 0.6) is 0 Å². The Morgan fingerprint density at radius 2 is 0.613 bits per heavy atom. The van der Waals surface area contributed by atoms with E-state index in [1.54, 1.807) is 0 Å². The van der Waals surface area contributed by atoms with Gasteiger partial charge in [0.1, 0.15) is 5.56 Å². The van der Waals surface area contributed by atoms with Gasteiger partial charge in [0, 0.05) is 53.2 Å². The molecule has 0 saturated heterocycles. The summed E-state index contributed by atoms with van der Waals surface area (Å²) in [5.41, 5.74) is 1.07. The second-order valence-electron chi connectivity index (χ2n) is 3.25. The summed E-state index contributed by atoms with van der Waals surface area (Å²) in [6.07, 6.45) is 7.50. The second-order valence-corrected chi connectivity index (χ2v) is 3.25. The summed E-state index contributed by atoms with van der Waals surface area (Å²) in [5.74, 6) is 0. The van der Waals surface area contributed by atoms with E-state index in [0.29, 0.717) is 0 Å². The molecule has 8 nitrogen and oxygen atoms in total. The Balaban J connectivity index is -0.0000000169. The minimum absolute atomic E-state index is 0. The molecule has 2 rings (SSSR count). The van der Waals surface area contributed by atoms with E-state index in [1.807, 2.05) is 30.3 Å². The van der Waals surface area contributed by atoms with Gasteiger partial charge in [-0.15, -0.1) is 0 Å². The fourth-order valence-corrected chi connectivity index (χ4v) is 1.36. The summed E-state index contributed by atoms with van der Waals surface area (Å²) in [7, 11) is 0. The first kappa shape index (κ1) is 70.0. The topological polar surface area (TPSA) is 159 Å². The van der Waals surface area contributed by atoms with E-state index in [4.69, 9.17) is 37.2 Å². The normalized spacial score (nSPS) is 6.32. The van der Waals surface area contributed by atoms with E-state index in [2.05, 4.69) is 60.1 Å². The molecule has 0 spiro atoms. The minimum atomic E-state index is 0. The van der Waals surface area contributed by atoms with E-state index in [-0.39, 0.29) is 51.2 Å². The summed E-state index contributed by atoms with van der Waals surface area (Å²) in [4.78, 5) is 0. The third-order valence-electron chi connectivity index (χ3n) is 2.09. The van der Waals surface area contributed by atoms with Crippen molar-refractivity contribution in [2.45, 2.75) is 32.1 Å². The SMILES string of the molecule is C1CCCC1.[C-]#[O+].[C-]#[O+].[C-]#[O+].[C-]#[O+].[C-]#[O+].[C-]#[O+].[C-]#[O+].[C-]#[O+].[CH2+]c1ccccc1.[Fe].[Fe].[MnH+]. The standard InChI is InChI=1S/C7H7.C5H10.8CO.2Fe.Mn.H/c1-7-5-3-2-4-6-7;1-2-4-5-3-1;8*1-2;;;;/h2-6H,1H2;1-5H2;;;;;;;;;;;;/q+1;;;;;;;;;;;;+1;. The monoisotopic (exact) mass is 553 g/mol. The zero-order chi connectivity index (χ0) is 24.6. The Labute approximate surface area is 215 Å². The van der Waals surface area contributed by atoms with Crippen molar-refractivity contribution < 1.29 is 88.4 Å². The molecule has 0 bridgehead atoms. The van der Waals surface area contributed by atoms with Crippen LogP contribution in [-0.2, 0) is 88.4 Å². The summed E-state index contributed by atoms with van der Waals surface area (Å²) >= 11 is 0. The molecule has 1 aromatic carbocycles. The van der Waals surface area contributed by atoms with Gasteiger partial charge in [-0.05, 0) is 18.2 Å². The summed E-state index contributed by atoms with van der Waals surface area (Å²) in [5, 5.41) is 0. The molecular formula is C20H18Fe2MnO8+2. The average Bonchev–Trinajstić information content (AvgIpc) is 3.45. The molecule has 0 atom stereocenters. The van der Waals surface area contributed by atoms with Crippen LogP contribution in [0.4, 0.5) is 0 Å². The van der Waals surface area contributed by atoms with Crippen LogP contribution in [0.25, 0.3) is 0 Å². The Kier molecular flexibility index (Phi) is 366. The van der Waals surface area contributed by atoms with Gasteiger partial charge >= 0.3 is 107 Å². The zero-order valence-corrected chi connectivity index (χ0v) is 19.5. The van der Waals surface area contributed by atoms with Crippen molar-refractivity contribution in [2.75, 3.05) is 0 Å². The first-order chi connectivity index (χ1) is 13.9. The molecule has 0 amide bonds. The Morgan fingerprint density at radius 1 is 0.452 bits per heavy atom. The predicted molar refractivity (Wildman–Crippen MR) is 86.8 cm³/mol. The maximum atomic E-state index is 7.50. The first-order valence-electron chi connectivity index (χ1n) is 6.40. The fourth-order valence-electron chi connectivity index (χ4n) is 1.36. The number of hydrogen-bond acceptors (Lipinski definition) is 0. The molecule has 11 heteroatoms. The third kappa shape index (κ3) is 151. The molecule has 1 saturated carbocycles. The van der Waals surface area contributed by atoms with Gasteiger partial charge < -0.3 is 0 Å². The molecule has 0 aromatic heterocycles. The van der Waals surface area contributed by atoms with Crippen LogP contribution in [-0.4, -0.2) is 0 Å². The van der Waals surface area contributed by atoms with Gasteiger partial charge in [-0.25, -0.2) is 0 Å². The second kappa shape index (κ2) is 162. The molecule has 0 N–H and O–H groups in total. The molecular weight excluding hydrogens is 535 g/mol. The molecule has 31 heavy (non-hydrogen) atoms. The number of hydrogen-bond donors (Lipinski definition) is 0. The van der Waals surface area contributed by atoms with Crippen molar-refractivity contribution >= 4 is 0 Å². The van der Waals surface area contributed by atoms with E-state index < -0.39 is 0 Å². The van der Waals surface area contributed by atoms with Crippen LogP contribution in [0.15, 0.2) is 30.3 Å². The van der Waals surface area contributed by atoms with Gasteiger partial charge in [-0.1, -0.05) is 32.1 Å². The van der Waals surface area contributed by atoms with Gasteiger partial charge in [-0.2, -0.15) is 0 Å². The van der Waals surface area contributed by atoms with E-state index in [9.17, 15) is 0 Å². The summed E-state index contributed by atoms with van der Waals surface area (Å²) in [6.45, 7) is 39.7. The predicted octanol–water partition coefficient (Wildman–Crippen LogP) is 3.24. The Bertz CT molecular complexity index is 424. The van der Waals surface area contributed by atoms with Crippen LogP contribution in [0, 0.1) is 60.1 Å². The molecule has 1 fully saturated rings. The first-order valence-corrected chi connectivity index (χ1v) is 6.40. The van der Waals surface area contributed by atoms with Crippen molar-refractivity contribution in [1.82, 2.24) is 0 Å². The maximum absolute atomic E-state index is 7.50. The summed E-state index contributed by atoms with van der Waals surface area (Å²) in [6, 6.07) is 9.87. The van der Waals surface area contributed by atoms with Gasteiger partial charge in [0.15, 0.2) is 0 Å². The Hall–Kier alpha value is -1.43. The van der Waals surface area contributed by atoms with Gasteiger partial charge in [0.2, 0.25) is 0 Å². The third-order valence-corrected chi connectivity index (χ3v) is 2.09. The molecule has 0 radical (unpaired) electrons. The van der Waals surface area contributed by atoms with Crippen LogP contribution >= 0.6 is 0 Å². The molecule has 1 aromatic rings. The van der Waals surface area contributed by atoms with Crippen molar-refractivity contribution in [1.29, 1.82) is 0 Å². The number of benzene rings is 1. The van der Waals surface area contributed by atoms with Gasteiger partial charge in [0.05, 0.1) is 0 Å². The molecule has 0 heterocycles. The van der Waals surface area contributed by atoms with Gasteiger partial charge in [-0.3, -0.25) is 0 Å². The van der Waals surface area contributed by atoms with Crippen LogP contribution in [0.2, 0.25) is 0 Å². The van der Waals surface area contributed by atoms with Crippen molar-refractivity contribution in [3.05, 3.63) is 96.0 Å². The number of rotatable bonds is 0. The van der Waals surface area contributed by atoms with Crippen molar-refractivity contribution in [3.63, 3.8) is 0 Å². The quantitative estimate of drug-likeness (QED) is 0.263. The van der Waals surface area contributed by atoms with Crippen molar-refractivity contribution in [2.24, 2.45) is 0 Å².